The molecule has 0 heterocycles. The monoisotopic (exact) mass is 294 g/mol. The highest BCUT2D eigenvalue weighted by molar-refractivity contribution is 6.83. The minimum absolute atomic E-state index is 0.477. The molecule has 0 amide bonds. The normalized spacial score (nSPS) is 14.0. The lowest BCUT2D eigenvalue weighted by Crippen LogP contribution is -2.60. The van der Waals surface area contributed by atoms with Crippen molar-refractivity contribution in [3.63, 3.8) is 0 Å². The summed E-state index contributed by atoms with van der Waals surface area (Å²) in [7, 11) is -0.229. The van der Waals surface area contributed by atoms with Gasteiger partial charge in [-0.2, -0.15) is 0 Å². The summed E-state index contributed by atoms with van der Waals surface area (Å²) in [6.45, 7) is 13.4. The van der Waals surface area contributed by atoms with Gasteiger partial charge in [0.25, 0.3) is 0 Å². The Hall–Kier alpha value is 0.274. The van der Waals surface area contributed by atoms with E-state index in [1.165, 1.54) is 0 Å². The third-order valence-electron chi connectivity index (χ3n) is 3.76. The molecule has 0 saturated carbocycles. The minimum atomic E-state index is -2.98. The van der Waals surface area contributed by atoms with Crippen molar-refractivity contribution in [2.75, 3.05) is 21.3 Å². The van der Waals surface area contributed by atoms with Gasteiger partial charge >= 0.3 is 9.05 Å². The second-order valence-electron chi connectivity index (χ2n) is 5.53. The Labute approximate surface area is 115 Å². The molecule has 0 aromatic carbocycles. The van der Waals surface area contributed by atoms with Crippen LogP contribution in [0.3, 0.4) is 0 Å². The van der Waals surface area contributed by atoms with E-state index in [-0.39, 0.29) is 0 Å². The molecule has 110 valence electrons. The van der Waals surface area contributed by atoms with E-state index in [0.29, 0.717) is 16.6 Å². The molecule has 0 rings (SSSR count). The first-order chi connectivity index (χ1) is 8.22. The standard InChI is InChI=1S/C12H30O4Si2/c1-10(2)17(11(3)4,12(5)6)16-18(13-7,14-8)15-9/h10-12H,1-9H3. The van der Waals surface area contributed by atoms with E-state index in [9.17, 15) is 0 Å². The lowest BCUT2D eigenvalue weighted by molar-refractivity contribution is 0.0443. The Morgan fingerprint density at radius 1 is 0.611 bits per heavy atom. The van der Waals surface area contributed by atoms with Gasteiger partial charge in [-0.3, -0.25) is 0 Å². The van der Waals surface area contributed by atoms with Crippen LogP contribution < -0.4 is 0 Å². The average Bonchev–Trinajstić information content (AvgIpc) is 2.30. The first-order valence-corrected chi connectivity index (χ1v) is 10.3. The van der Waals surface area contributed by atoms with Crippen LogP contribution in [0.15, 0.2) is 0 Å². The molecule has 0 bridgehead atoms. The lowest BCUT2D eigenvalue weighted by Gasteiger charge is -2.45. The van der Waals surface area contributed by atoms with Crippen LogP contribution in [0.4, 0.5) is 0 Å². The topological polar surface area (TPSA) is 36.9 Å². The van der Waals surface area contributed by atoms with E-state index in [1.54, 1.807) is 21.3 Å². The molecule has 0 N–H and O–H groups in total. The molecule has 0 spiro atoms. The van der Waals surface area contributed by atoms with Gasteiger partial charge in [0.2, 0.25) is 0 Å². The SMILES string of the molecule is CO[Si](OC)(OC)O[Si](C(C)C)(C(C)C)C(C)C. The van der Waals surface area contributed by atoms with Gasteiger partial charge in [0.05, 0.1) is 0 Å². The molecular formula is C12H30O4Si2. The molecular weight excluding hydrogens is 264 g/mol. The van der Waals surface area contributed by atoms with E-state index in [2.05, 4.69) is 41.5 Å². The molecule has 0 aromatic rings. The Balaban J connectivity index is 5.47. The second kappa shape index (κ2) is 7.16. The van der Waals surface area contributed by atoms with Crippen molar-refractivity contribution < 1.29 is 17.4 Å². The Morgan fingerprint density at radius 2 is 0.889 bits per heavy atom. The molecule has 0 atom stereocenters. The van der Waals surface area contributed by atoms with E-state index in [4.69, 9.17) is 17.4 Å². The van der Waals surface area contributed by atoms with Crippen LogP contribution in [0.5, 0.6) is 0 Å². The molecule has 0 fully saturated rings. The van der Waals surface area contributed by atoms with Crippen LogP contribution >= 0.6 is 0 Å². The van der Waals surface area contributed by atoms with Crippen molar-refractivity contribution in [1.29, 1.82) is 0 Å². The van der Waals surface area contributed by atoms with Gasteiger partial charge in [-0.05, 0) is 16.6 Å². The molecule has 0 aromatic heterocycles. The van der Waals surface area contributed by atoms with Gasteiger partial charge in [-0.1, -0.05) is 41.5 Å². The molecule has 0 aliphatic rings. The summed E-state index contributed by atoms with van der Waals surface area (Å²) in [4.78, 5) is 0. The highest BCUT2D eigenvalue weighted by Crippen LogP contribution is 2.44. The number of hydrogen-bond donors (Lipinski definition) is 0. The molecule has 18 heavy (non-hydrogen) atoms. The third-order valence-corrected chi connectivity index (χ3v) is 13.1. The first-order valence-electron chi connectivity index (χ1n) is 6.58. The summed E-state index contributed by atoms with van der Waals surface area (Å²) in [6.07, 6.45) is 0. The van der Waals surface area contributed by atoms with Crippen molar-refractivity contribution in [2.45, 2.75) is 58.2 Å². The lowest BCUT2D eigenvalue weighted by atomic mass is 10.5. The van der Waals surface area contributed by atoms with Gasteiger partial charge < -0.3 is 17.4 Å². The zero-order chi connectivity index (χ0) is 14.6. The van der Waals surface area contributed by atoms with Crippen molar-refractivity contribution in [1.82, 2.24) is 0 Å². The Kier molecular flexibility index (Phi) is 7.27. The fourth-order valence-corrected chi connectivity index (χ4v) is 13.0. The van der Waals surface area contributed by atoms with Gasteiger partial charge in [-0.25, -0.2) is 0 Å². The maximum atomic E-state index is 6.47. The number of hydrogen-bond acceptors (Lipinski definition) is 4. The first kappa shape index (κ1) is 18.3. The van der Waals surface area contributed by atoms with Crippen LogP contribution in [0.25, 0.3) is 0 Å². The van der Waals surface area contributed by atoms with Crippen LogP contribution in [0, 0.1) is 0 Å². The fourth-order valence-electron chi connectivity index (χ4n) is 2.95. The summed E-state index contributed by atoms with van der Waals surface area (Å²) in [5.74, 6) is 0. The van der Waals surface area contributed by atoms with E-state index in [1.807, 2.05) is 0 Å². The van der Waals surface area contributed by atoms with Crippen LogP contribution in [0.1, 0.15) is 41.5 Å². The third kappa shape index (κ3) is 3.43. The van der Waals surface area contributed by atoms with E-state index in [0.717, 1.165) is 0 Å². The molecule has 0 unspecified atom stereocenters. The predicted molar refractivity (Wildman–Crippen MR) is 78.9 cm³/mol. The minimum Gasteiger partial charge on any atom is -0.393 e. The number of rotatable bonds is 8. The maximum Gasteiger partial charge on any atom is 0.668 e. The quantitative estimate of drug-likeness (QED) is 0.642. The summed E-state index contributed by atoms with van der Waals surface area (Å²) < 4.78 is 22.8. The van der Waals surface area contributed by atoms with Gasteiger partial charge in [0.1, 0.15) is 0 Å². The Bertz CT molecular complexity index is 210. The molecule has 0 aliphatic heterocycles. The highest BCUT2D eigenvalue weighted by atomic mass is 28.5. The predicted octanol–water partition coefficient (Wildman–Crippen LogP) is 3.55. The summed E-state index contributed by atoms with van der Waals surface area (Å²) in [5.41, 5.74) is 1.43. The summed E-state index contributed by atoms with van der Waals surface area (Å²) in [6, 6.07) is 0. The van der Waals surface area contributed by atoms with E-state index >= 15 is 0 Å². The fraction of sp³-hybridized carbons (Fsp3) is 1.00. The molecule has 0 radical (unpaired) electrons. The molecule has 0 saturated heterocycles. The van der Waals surface area contributed by atoms with Gasteiger partial charge in [0.15, 0.2) is 8.32 Å². The van der Waals surface area contributed by atoms with Crippen molar-refractivity contribution in [3.8, 4) is 0 Å². The smallest absolute Gasteiger partial charge is 0.393 e. The van der Waals surface area contributed by atoms with Crippen molar-refractivity contribution >= 4 is 17.4 Å². The average molecular weight is 295 g/mol. The maximum absolute atomic E-state index is 6.47. The Morgan fingerprint density at radius 3 is 1.06 bits per heavy atom. The highest BCUT2D eigenvalue weighted by Gasteiger charge is 2.55. The summed E-state index contributed by atoms with van der Waals surface area (Å²) in [5, 5.41) is 0. The second-order valence-corrected chi connectivity index (χ2v) is 13.7. The molecule has 4 nitrogen and oxygen atoms in total. The van der Waals surface area contributed by atoms with Crippen LogP contribution in [-0.2, 0) is 17.4 Å². The zero-order valence-electron chi connectivity index (χ0n) is 13.4. The van der Waals surface area contributed by atoms with E-state index < -0.39 is 17.4 Å². The van der Waals surface area contributed by atoms with Gasteiger partial charge in [-0.15, -0.1) is 0 Å². The summed E-state index contributed by atoms with van der Waals surface area (Å²) >= 11 is 0. The largest absolute Gasteiger partial charge is 0.668 e. The van der Waals surface area contributed by atoms with Crippen molar-refractivity contribution in [2.24, 2.45) is 0 Å². The molecule has 6 heteroatoms. The van der Waals surface area contributed by atoms with Crippen LogP contribution in [-0.4, -0.2) is 38.7 Å². The zero-order valence-corrected chi connectivity index (χ0v) is 15.4. The van der Waals surface area contributed by atoms with Crippen LogP contribution in [0.2, 0.25) is 16.6 Å². The van der Waals surface area contributed by atoms with Crippen molar-refractivity contribution in [3.05, 3.63) is 0 Å². The molecule has 0 aliphatic carbocycles. The van der Waals surface area contributed by atoms with Gasteiger partial charge in [0, 0.05) is 21.3 Å².